The van der Waals surface area contributed by atoms with Crippen LogP contribution in [0.1, 0.15) is 44.7 Å². The summed E-state index contributed by atoms with van der Waals surface area (Å²) in [7, 11) is 1.68. The van der Waals surface area contributed by atoms with Gasteiger partial charge in [-0.05, 0) is 49.3 Å². The average Bonchev–Trinajstić information content (AvgIpc) is 3.32. The van der Waals surface area contributed by atoms with E-state index in [-0.39, 0.29) is 12.2 Å². The molecule has 0 amide bonds. The molecule has 184 valence electrons. The first-order chi connectivity index (χ1) is 16.7. The highest BCUT2D eigenvalue weighted by Gasteiger charge is 2.27. The molecule has 2 saturated heterocycles. The fourth-order valence-electron chi connectivity index (χ4n) is 4.69. The van der Waals surface area contributed by atoms with Gasteiger partial charge in [0.1, 0.15) is 18.0 Å². The van der Waals surface area contributed by atoms with Crippen LogP contribution in [-0.4, -0.2) is 61.8 Å². The largest absolute Gasteiger partial charge is 0.488 e. The first-order valence-corrected chi connectivity index (χ1v) is 12.4. The lowest BCUT2D eigenvalue weighted by atomic mass is 9.87. The number of nitrogens with one attached hydrogen (secondary N) is 1. The summed E-state index contributed by atoms with van der Waals surface area (Å²) < 4.78 is 28.6. The Balaban J connectivity index is 1.42. The number of ether oxygens (including phenoxy) is 5. The van der Waals surface area contributed by atoms with Crippen LogP contribution in [0.25, 0.3) is 11.1 Å². The maximum atomic E-state index is 6.29. The molecule has 3 aliphatic rings. The first-order valence-electron chi connectivity index (χ1n) is 12.4. The smallest absolute Gasteiger partial charge is 0.227 e. The fourth-order valence-corrected chi connectivity index (χ4v) is 4.69. The molecule has 1 aromatic heterocycles. The quantitative estimate of drug-likeness (QED) is 0.584. The lowest BCUT2D eigenvalue weighted by Gasteiger charge is -2.29. The molecule has 0 unspecified atom stereocenters. The Bertz CT molecular complexity index is 936. The van der Waals surface area contributed by atoms with E-state index in [9.17, 15) is 0 Å². The SMILES string of the molecule is COCc1nc(NC2CCC(C)CC2)nc(OC2COC2)c1-c1ccc(O[C@H]2CCOC2)cc1. The van der Waals surface area contributed by atoms with Crippen LogP contribution in [0.2, 0.25) is 0 Å². The van der Waals surface area contributed by atoms with Gasteiger partial charge in [0, 0.05) is 19.6 Å². The minimum Gasteiger partial charge on any atom is -0.488 e. The molecule has 0 bridgehead atoms. The third-order valence-electron chi connectivity index (χ3n) is 6.80. The fraction of sp³-hybridized carbons (Fsp3) is 0.615. The highest BCUT2D eigenvalue weighted by Crippen LogP contribution is 2.36. The zero-order valence-electron chi connectivity index (χ0n) is 20.1. The standard InChI is InChI=1S/C26H35N3O5/c1-17-3-7-19(8-4-17)27-26-28-23(16-30-2)24(25(29-26)34-22-14-32-15-22)18-5-9-20(10-6-18)33-21-11-12-31-13-21/h5-6,9-10,17,19,21-22H,3-4,7-8,11-16H2,1-2H3,(H,27,28,29)/t17?,19?,21-/m0/s1. The van der Waals surface area contributed by atoms with Crippen molar-refractivity contribution in [2.75, 3.05) is 38.9 Å². The Hall–Kier alpha value is -2.42. The minimum atomic E-state index is -0.00241. The minimum absolute atomic E-state index is 0.00241. The Labute approximate surface area is 201 Å². The van der Waals surface area contributed by atoms with Crippen LogP contribution in [0, 0.1) is 5.92 Å². The third kappa shape index (κ3) is 5.62. The van der Waals surface area contributed by atoms with Gasteiger partial charge in [0.25, 0.3) is 0 Å². The third-order valence-corrected chi connectivity index (χ3v) is 6.80. The van der Waals surface area contributed by atoms with E-state index in [0.717, 1.165) is 54.4 Å². The number of nitrogens with zero attached hydrogens (tertiary/aromatic N) is 2. The van der Waals surface area contributed by atoms with Crippen LogP contribution in [0.4, 0.5) is 5.95 Å². The van der Waals surface area contributed by atoms with E-state index in [1.54, 1.807) is 7.11 Å². The van der Waals surface area contributed by atoms with Gasteiger partial charge in [-0.25, -0.2) is 4.98 Å². The van der Waals surface area contributed by atoms with Gasteiger partial charge in [0.2, 0.25) is 11.8 Å². The second kappa shape index (κ2) is 10.9. The van der Waals surface area contributed by atoms with Crippen molar-refractivity contribution in [2.24, 2.45) is 5.92 Å². The van der Waals surface area contributed by atoms with Crippen LogP contribution in [0.5, 0.6) is 11.6 Å². The number of methoxy groups -OCH3 is 1. The lowest BCUT2D eigenvalue weighted by Crippen LogP contribution is -2.39. The summed E-state index contributed by atoms with van der Waals surface area (Å²) in [6.45, 7) is 5.23. The normalized spacial score (nSPS) is 25.1. The molecular formula is C26H35N3O5. The summed E-state index contributed by atoms with van der Waals surface area (Å²) in [5.41, 5.74) is 2.62. The van der Waals surface area contributed by atoms with E-state index >= 15 is 0 Å². The molecule has 8 nitrogen and oxygen atoms in total. The van der Waals surface area contributed by atoms with Crippen molar-refractivity contribution in [3.05, 3.63) is 30.0 Å². The summed E-state index contributed by atoms with van der Waals surface area (Å²) in [5.74, 6) is 2.79. The number of rotatable bonds is 9. The van der Waals surface area contributed by atoms with E-state index < -0.39 is 0 Å². The topological polar surface area (TPSA) is 84.0 Å². The second-order valence-electron chi connectivity index (χ2n) is 9.61. The van der Waals surface area contributed by atoms with E-state index in [2.05, 4.69) is 12.2 Å². The molecule has 0 spiro atoms. The van der Waals surface area contributed by atoms with Gasteiger partial charge in [-0.3, -0.25) is 0 Å². The molecular weight excluding hydrogens is 434 g/mol. The molecule has 5 rings (SSSR count). The predicted molar refractivity (Wildman–Crippen MR) is 128 cm³/mol. The molecule has 1 N–H and O–H groups in total. The molecule has 3 heterocycles. The maximum Gasteiger partial charge on any atom is 0.227 e. The zero-order chi connectivity index (χ0) is 23.3. The molecule has 34 heavy (non-hydrogen) atoms. The van der Waals surface area contributed by atoms with E-state index in [1.165, 1.54) is 12.8 Å². The summed E-state index contributed by atoms with van der Waals surface area (Å²) in [5, 5.41) is 3.56. The molecule has 8 heteroatoms. The zero-order valence-corrected chi connectivity index (χ0v) is 20.1. The van der Waals surface area contributed by atoms with Crippen molar-refractivity contribution in [3.8, 4) is 22.8 Å². The Morgan fingerprint density at radius 2 is 1.68 bits per heavy atom. The van der Waals surface area contributed by atoms with E-state index in [0.29, 0.717) is 44.3 Å². The van der Waals surface area contributed by atoms with Gasteiger partial charge in [0.15, 0.2) is 0 Å². The van der Waals surface area contributed by atoms with Crippen LogP contribution in [0.15, 0.2) is 24.3 Å². The maximum absolute atomic E-state index is 6.29. The average molecular weight is 470 g/mol. The van der Waals surface area contributed by atoms with Crippen molar-refractivity contribution in [1.29, 1.82) is 0 Å². The number of aromatic nitrogens is 2. The van der Waals surface area contributed by atoms with Gasteiger partial charge in [-0.15, -0.1) is 0 Å². The van der Waals surface area contributed by atoms with Crippen LogP contribution in [0.3, 0.4) is 0 Å². The van der Waals surface area contributed by atoms with E-state index in [1.807, 2.05) is 24.3 Å². The van der Waals surface area contributed by atoms with E-state index in [4.69, 9.17) is 33.7 Å². The summed E-state index contributed by atoms with van der Waals surface area (Å²) in [6, 6.07) is 8.41. The molecule has 0 radical (unpaired) electrons. The van der Waals surface area contributed by atoms with Gasteiger partial charge in [0.05, 0.1) is 44.3 Å². The van der Waals surface area contributed by atoms with Gasteiger partial charge >= 0.3 is 0 Å². The van der Waals surface area contributed by atoms with Crippen molar-refractivity contribution in [2.45, 2.75) is 63.9 Å². The molecule has 1 aromatic carbocycles. The van der Waals surface area contributed by atoms with Gasteiger partial charge < -0.3 is 29.0 Å². The van der Waals surface area contributed by atoms with Crippen LogP contribution >= 0.6 is 0 Å². The molecule has 1 atom stereocenters. The molecule has 2 aliphatic heterocycles. The number of hydrogen-bond acceptors (Lipinski definition) is 8. The molecule has 1 saturated carbocycles. The van der Waals surface area contributed by atoms with Crippen molar-refractivity contribution < 1.29 is 23.7 Å². The summed E-state index contributed by atoms with van der Waals surface area (Å²) in [4.78, 5) is 9.69. The molecule has 3 fully saturated rings. The molecule has 1 aliphatic carbocycles. The molecule has 2 aromatic rings. The van der Waals surface area contributed by atoms with Crippen molar-refractivity contribution in [3.63, 3.8) is 0 Å². The van der Waals surface area contributed by atoms with Gasteiger partial charge in [-0.2, -0.15) is 4.98 Å². The Morgan fingerprint density at radius 1 is 0.912 bits per heavy atom. The van der Waals surface area contributed by atoms with Crippen LogP contribution < -0.4 is 14.8 Å². The predicted octanol–water partition coefficient (Wildman–Crippen LogP) is 4.23. The highest BCUT2D eigenvalue weighted by molar-refractivity contribution is 5.72. The summed E-state index contributed by atoms with van der Waals surface area (Å²) in [6.07, 6.45) is 5.75. The van der Waals surface area contributed by atoms with Gasteiger partial charge in [-0.1, -0.05) is 19.1 Å². The Kier molecular flexibility index (Phi) is 7.47. The van der Waals surface area contributed by atoms with Crippen molar-refractivity contribution in [1.82, 2.24) is 9.97 Å². The van der Waals surface area contributed by atoms with Crippen molar-refractivity contribution >= 4 is 5.95 Å². The lowest BCUT2D eigenvalue weighted by molar-refractivity contribution is -0.0811. The first kappa shape index (κ1) is 23.3. The number of hydrogen-bond donors (Lipinski definition) is 1. The Morgan fingerprint density at radius 3 is 2.32 bits per heavy atom. The highest BCUT2D eigenvalue weighted by atomic mass is 16.6. The number of anilines is 1. The monoisotopic (exact) mass is 469 g/mol. The summed E-state index contributed by atoms with van der Waals surface area (Å²) >= 11 is 0. The second-order valence-corrected chi connectivity index (χ2v) is 9.61. The van der Waals surface area contributed by atoms with Crippen LogP contribution in [-0.2, 0) is 20.8 Å². The number of benzene rings is 1.